The summed E-state index contributed by atoms with van der Waals surface area (Å²) in [5.74, 6) is 0.690. The number of fused-ring (bicyclic) bond motifs is 1. The highest BCUT2D eigenvalue weighted by molar-refractivity contribution is 5.83. The number of hydrogen-bond acceptors (Lipinski definition) is 3. The maximum Gasteiger partial charge on any atom is 0.417 e. The first-order valence-electron chi connectivity index (χ1n) is 6.94. The SMILES string of the molecule is O=C(NNCc1ccc(C(F)(F)F)cn1)C12CCC(C1)C2. The molecule has 3 aliphatic rings. The van der Waals surface area contributed by atoms with E-state index in [9.17, 15) is 18.0 Å². The monoisotopic (exact) mass is 299 g/mol. The van der Waals surface area contributed by atoms with E-state index in [2.05, 4.69) is 15.8 Å². The fourth-order valence-electron chi connectivity index (χ4n) is 3.28. The normalized spacial score (nSPS) is 27.3. The number of alkyl halides is 3. The van der Waals surface area contributed by atoms with Gasteiger partial charge in [0.2, 0.25) is 5.91 Å². The number of halogens is 3. The van der Waals surface area contributed by atoms with Gasteiger partial charge in [0.1, 0.15) is 0 Å². The first-order valence-corrected chi connectivity index (χ1v) is 6.94. The fraction of sp³-hybridized carbons (Fsp3) is 0.571. The molecular weight excluding hydrogens is 283 g/mol. The van der Waals surface area contributed by atoms with Gasteiger partial charge in [-0.1, -0.05) is 0 Å². The van der Waals surface area contributed by atoms with Gasteiger partial charge in [0.25, 0.3) is 0 Å². The van der Waals surface area contributed by atoms with Crippen LogP contribution in [0.25, 0.3) is 0 Å². The molecule has 0 radical (unpaired) electrons. The summed E-state index contributed by atoms with van der Waals surface area (Å²) in [4.78, 5) is 15.8. The minimum absolute atomic E-state index is 0.0110. The number of hydrogen-bond donors (Lipinski definition) is 2. The van der Waals surface area contributed by atoms with Crippen LogP contribution in [0.5, 0.6) is 0 Å². The Labute approximate surface area is 120 Å². The summed E-state index contributed by atoms with van der Waals surface area (Å²) in [6, 6.07) is 2.28. The third-order valence-electron chi connectivity index (χ3n) is 4.50. The molecule has 1 aromatic rings. The van der Waals surface area contributed by atoms with Gasteiger partial charge < -0.3 is 0 Å². The molecule has 0 aliphatic heterocycles. The van der Waals surface area contributed by atoms with Gasteiger partial charge in [0.05, 0.1) is 23.2 Å². The number of aromatic nitrogens is 1. The standard InChI is InChI=1S/C14H16F3N3O/c15-14(16,17)10-1-2-11(18-7-10)8-19-20-12(21)13-4-3-9(5-13)6-13/h1-2,7,9,19H,3-6,8H2,(H,20,21). The van der Waals surface area contributed by atoms with E-state index in [1.165, 1.54) is 6.07 Å². The minimum atomic E-state index is -4.38. The van der Waals surface area contributed by atoms with Crippen LogP contribution in [0.15, 0.2) is 18.3 Å². The number of pyridine rings is 1. The van der Waals surface area contributed by atoms with Gasteiger partial charge >= 0.3 is 6.18 Å². The highest BCUT2D eigenvalue weighted by Gasteiger charge is 2.55. The van der Waals surface area contributed by atoms with Crippen molar-refractivity contribution >= 4 is 5.91 Å². The Morgan fingerprint density at radius 2 is 2.14 bits per heavy atom. The van der Waals surface area contributed by atoms with Gasteiger partial charge in [-0.05, 0) is 43.7 Å². The third kappa shape index (κ3) is 2.74. The Balaban J connectivity index is 1.48. The van der Waals surface area contributed by atoms with Crippen molar-refractivity contribution in [2.45, 2.75) is 38.4 Å². The second-order valence-corrected chi connectivity index (χ2v) is 5.94. The van der Waals surface area contributed by atoms with Crippen LogP contribution >= 0.6 is 0 Å². The Morgan fingerprint density at radius 1 is 1.38 bits per heavy atom. The van der Waals surface area contributed by atoms with Crippen molar-refractivity contribution in [3.8, 4) is 0 Å². The average molecular weight is 299 g/mol. The van der Waals surface area contributed by atoms with E-state index >= 15 is 0 Å². The number of nitrogens with zero attached hydrogens (tertiary/aromatic N) is 1. The van der Waals surface area contributed by atoms with Crippen LogP contribution in [0, 0.1) is 11.3 Å². The van der Waals surface area contributed by atoms with Crippen LogP contribution < -0.4 is 10.9 Å². The Kier molecular flexibility index (Phi) is 3.39. The number of amides is 1. The predicted molar refractivity (Wildman–Crippen MR) is 68.6 cm³/mol. The second-order valence-electron chi connectivity index (χ2n) is 5.94. The molecule has 2 bridgehead atoms. The van der Waals surface area contributed by atoms with E-state index in [4.69, 9.17) is 0 Å². The molecule has 0 spiro atoms. The predicted octanol–water partition coefficient (Wildman–Crippen LogP) is 2.41. The van der Waals surface area contributed by atoms with Crippen molar-refractivity contribution in [1.82, 2.24) is 15.8 Å². The molecule has 1 amide bonds. The molecule has 7 heteroatoms. The molecule has 3 fully saturated rings. The molecule has 2 N–H and O–H groups in total. The molecular formula is C14H16F3N3O. The third-order valence-corrected chi connectivity index (χ3v) is 4.50. The number of carbonyl (C=O) groups excluding carboxylic acids is 1. The molecule has 4 rings (SSSR count). The summed E-state index contributed by atoms with van der Waals surface area (Å²) < 4.78 is 37.2. The lowest BCUT2D eigenvalue weighted by molar-refractivity contribution is -0.138. The van der Waals surface area contributed by atoms with Gasteiger partial charge in [0.15, 0.2) is 0 Å². The van der Waals surface area contributed by atoms with E-state index in [1.54, 1.807) is 0 Å². The molecule has 0 unspecified atom stereocenters. The summed E-state index contributed by atoms with van der Waals surface area (Å²) >= 11 is 0. The topological polar surface area (TPSA) is 54.0 Å². The molecule has 3 saturated carbocycles. The molecule has 114 valence electrons. The summed E-state index contributed by atoms with van der Waals surface area (Å²) in [7, 11) is 0. The molecule has 1 heterocycles. The zero-order valence-electron chi connectivity index (χ0n) is 11.3. The number of nitrogens with one attached hydrogen (secondary N) is 2. The lowest BCUT2D eigenvalue weighted by Crippen LogP contribution is -2.49. The Hall–Kier alpha value is -1.63. The summed E-state index contributed by atoms with van der Waals surface area (Å²) in [6.45, 7) is 0.198. The van der Waals surface area contributed by atoms with Crippen LogP contribution in [0.4, 0.5) is 13.2 Å². The van der Waals surface area contributed by atoms with Crippen LogP contribution in [-0.2, 0) is 17.5 Å². The summed E-state index contributed by atoms with van der Waals surface area (Å²) in [6.07, 6.45) is 0.385. The number of carbonyl (C=O) groups is 1. The van der Waals surface area contributed by atoms with E-state index < -0.39 is 11.7 Å². The number of hydrazine groups is 1. The lowest BCUT2D eigenvalue weighted by Gasteiger charge is -2.36. The Bertz CT molecular complexity index is 530. The van der Waals surface area contributed by atoms with Crippen molar-refractivity contribution in [2.24, 2.45) is 11.3 Å². The van der Waals surface area contributed by atoms with Gasteiger partial charge in [-0.25, -0.2) is 5.43 Å². The van der Waals surface area contributed by atoms with Crippen LogP contribution in [-0.4, -0.2) is 10.9 Å². The van der Waals surface area contributed by atoms with Crippen LogP contribution in [0.2, 0.25) is 0 Å². The average Bonchev–Trinajstić information content (AvgIpc) is 2.98. The molecule has 1 aromatic heterocycles. The first-order chi connectivity index (χ1) is 9.89. The molecule has 0 saturated heterocycles. The minimum Gasteiger partial charge on any atom is -0.291 e. The van der Waals surface area contributed by atoms with Gasteiger partial charge in [-0.3, -0.25) is 15.2 Å². The van der Waals surface area contributed by atoms with Gasteiger partial charge in [-0.15, -0.1) is 0 Å². The van der Waals surface area contributed by atoms with Gasteiger partial charge in [0, 0.05) is 6.20 Å². The molecule has 4 nitrogen and oxygen atoms in total. The van der Waals surface area contributed by atoms with Crippen molar-refractivity contribution in [2.75, 3.05) is 0 Å². The quantitative estimate of drug-likeness (QED) is 0.840. The summed E-state index contributed by atoms with van der Waals surface area (Å²) in [5.41, 5.74) is 4.85. The van der Waals surface area contributed by atoms with Gasteiger partial charge in [-0.2, -0.15) is 13.2 Å². The fourth-order valence-corrected chi connectivity index (χ4v) is 3.28. The first kappa shape index (κ1) is 14.3. The highest BCUT2D eigenvalue weighted by Crippen LogP contribution is 2.58. The largest absolute Gasteiger partial charge is 0.417 e. The molecule has 0 aromatic carbocycles. The molecule has 3 aliphatic carbocycles. The van der Waals surface area contributed by atoms with Crippen molar-refractivity contribution in [1.29, 1.82) is 0 Å². The number of rotatable bonds is 4. The zero-order chi connectivity index (χ0) is 15.1. The van der Waals surface area contributed by atoms with Crippen LogP contribution in [0.3, 0.4) is 0 Å². The molecule has 0 atom stereocenters. The van der Waals surface area contributed by atoms with Crippen molar-refractivity contribution in [3.05, 3.63) is 29.6 Å². The van der Waals surface area contributed by atoms with E-state index in [1.807, 2.05) is 0 Å². The van der Waals surface area contributed by atoms with Crippen LogP contribution in [0.1, 0.15) is 36.9 Å². The molecule has 21 heavy (non-hydrogen) atoms. The van der Waals surface area contributed by atoms with E-state index in [0.29, 0.717) is 11.6 Å². The Morgan fingerprint density at radius 3 is 2.67 bits per heavy atom. The lowest BCUT2D eigenvalue weighted by atomic mass is 9.69. The van der Waals surface area contributed by atoms with Crippen molar-refractivity contribution < 1.29 is 18.0 Å². The van der Waals surface area contributed by atoms with Crippen molar-refractivity contribution in [3.63, 3.8) is 0 Å². The zero-order valence-corrected chi connectivity index (χ0v) is 11.3. The smallest absolute Gasteiger partial charge is 0.291 e. The van der Waals surface area contributed by atoms with E-state index in [0.717, 1.165) is 37.9 Å². The highest BCUT2D eigenvalue weighted by atomic mass is 19.4. The van der Waals surface area contributed by atoms with E-state index in [-0.39, 0.29) is 17.9 Å². The maximum atomic E-state index is 12.4. The maximum absolute atomic E-state index is 12.4. The second kappa shape index (κ2) is 4.98. The summed E-state index contributed by atoms with van der Waals surface area (Å²) in [5, 5.41) is 0.